The molecule has 0 aliphatic heterocycles. The maximum absolute atomic E-state index is 13.3. The highest BCUT2D eigenvalue weighted by molar-refractivity contribution is 5.38. The molecule has 2 aromatic rings. The molecule has 3 heteroatoms. The molecule has 0 spiro atoms. The standard InChI is InChI=1S/C17H20FNO/c1-11-8-14(18)9-12(2)17(11)16(19)10-13-4-6-15(20-3)7-5-13/h4-9,16H,10,19H2,1-3H3. The fourth-order valence-electron chi connectivity index (χ4n) is 2.62. The van der Waals surface area contributed by atoms with Crippen LogP contribution in [0.1, 0.15) is 28.3 Å². The fraction of sp³-hybridized carbons (Fsp3) is 0.294. The van der Waals surface area contributed by atoms with E-state index in [1.54, 1.807) is 7.11 Å². The molecular weight excluding hydrogens is 253 g/mol. The van der Waals surface area contributed by atoms with Gasteiger partial charge in [-0.15, -0.1) is 0 Å². The van der Waals surface area contributed by atoms with Crippen molar-refractivity contribution in [3.63, 3.8) is 0 Å². The van der Waals surface area contributed by atoms with Gasteiger partial charge in [0.05, 0.1) is 7.11 Å². The van der Waals surface area contributed by atoms with Crippen molar-refractivity contribution >= 4 is 0 Å². The summed E-state index contributed by atoms with van der Waals surface area (Å²) in [7, 11) is 1.64. The predicted octanol–water partition coefficient (Wildman–Crippen LogP) is 3.69. The second-order valence-electron chi connectivity index (χ2n) is 5.11. The van der Waals surface area contributed by atoms with E-state index in [-0.39, 0.29) is 11.9 Å². The van der Waals surface area contributed by atoms with E-state index in [0.29, 0.717) is 0 Å². The third kappa shape index (κ3) is 3.17. The molecule has 1 unspecified atom stereocenters. The summed E-state index contributed by atoms with van der Waals surface area (Å²) >= 11 is 0. The van der Waals surface area contributed by atoms with Crippen LogP contribution in [0.25, 0.3) is 0 Å². The summed E-state index contributed by atoms with van der Waals surface area (Å²) in [6.07, 6.45) is 0.720. The van der Waals surface area contributed by atoms with Crippen LogP contribution in [0.2, 0.25) is 0 Å². The summed E-state index contributed by atoms with van der Waals surface area (Å²) in [6, 6.07) is 10.8. The smallest absolute Gasteiger partial charge is 0.123 e. The third-order valence-electron chi connectivity index (χ3n) is 3.54. The first kappa shape index (κ1) is 14.5. The molecule has 20 heavy (non-hydrogen) atoms. The Bertz CT molecular complexity index is 569. The highest BCUT2D eigenvalue weighted by Gasteiger charge is 2.14. The number of hydrogen-bond donors (Lipinski definition) is 1. The number of halogens is 1. The highest BCUT2D eigenvalue weighted by atomic mass is 19.1. The Kier molecular flexibility index (Phi) is 4.40. The van der Waals surface area contributed by atoms with Crippen LogP contribution in [-0.4, -0.2) is 7.11 Å². The van der Waals surface area contributed by atoms with Crippen molar-refractivity contribution in [2.75, 3.05) is 7.11 Å². The molecule has 2 nitrogen and oxygen atoms in total. The summed E-state index contributed by atoms with van der Waals surface area (Å²) in [5, 5.41) is 0. The van der Waals surface area contributed by atoms with E-state index in [2.05, 4.69) is 0 Å². The van der Waals surface area contributed by atoms with Gasteiger partial charge in [-0.1, -0.05) is 12.1 Å². The van der Waals surface area contributed by atoms with Crippen molar-refractivity contribution in [2.24, 2.45) is 5.73 Å². The molecule has 0 aromatic heterocycles. The Labute approximate surface area is 119 Å². The second-order valence-corrected chi connectivity index (χ2v) is 5.11. The first-order chi connectivity index (χ1) is 9.51. The quantitative estimate of drug-likeness (QED) is 0.922. The van der Waals surface area contributed by atoms with E-state index in [4.69, 9.17) is 10.5 Å². The lowest BCUT2D eigenvalue weighted by Crippen LogP contribution is -2.16. The van der Waals surface area contributed by atoms with Gasteiger partial charge in [0.1, 0.15) is 11.6 Å². The summed E-state index contributed by atoms with van der Waals surface area (Å²) < 4.78 is 18.5. The highest BCUT2D eigenvalue weighted by Crippen LogP contribution is 2.25. The number of methoxy groups -OCH3 is 1. The number of benzene rings is 2. The van der Waals surface area contributed by atoms with Crippen molar-refractivity contribution in [2.45, 2.75) is 26.3 Å². The zero-order valence-electron chi connectivity index (χ0n) is 12.1. The van der Waals surface area contributed by atoms with E-state index in [0.717, 1.165) is 34.4 Å². The lowest BCUT2D eigenvalue weighted by atomic mass is 9.92. The SMILES string of the molecule is COc1ccc(CC(N)c2c(C)cc(F)cc2C)cc1. The van der Waals surface area contributed by atoms with Gasteiger partial charge >= 0.3 is 0 Å². The fourth-order valence-corrected chi connectivity index (χ4v) is 2.62. The zero-order valence-corrected chi connectivity index (χ0v) is 12.1. The molecular formula is C17H20FNO. The van der Waals surface area contributed by atoms with Gasteiger partial charge in [-0.3, -0.25) is 0 Å². The maximum Gasteiger partial charge on any atom is 0.123 e. The molecule has 0 heterocycles. The second kappa shape index (κ2) is 6.06. The molecule has 0 fully saturated rings. The van der Waals surface area contributed by atoms with Gasteiger partial charge in [-0.05, 0) is 66.8 Å². The van der Waals surface area contributed by atoms with Crippen molar-refractivity contribution in [3.05, 3.63) is 64.5 Å². The first-order valence-corrected chi connectivity index (χ1v) is 6.66. The number of ether oxygens (including phenoxy) is 1. The largest absolute Gasteiger partial charge is 0.497 e. The summed E-state index contributed by atoms with van der Waals surface area (Å²) in [5.41, 5.74) is 10.3. The molecule has 1 atom stereocenters. The molecule has 0 aliphatic carbocycles. The minimum absolute atomic E-state index is 0.135. The Morgan fingerprint density at radius 1 is 1.10 bits per heavy atom. The van der Waals surface area contributed by atoms with Gasteiger partial charge in [-0.2, -0.15) is 0 Å². The molecule has 0 aliphatic rings. The third-order valence-corrected chi connectivity index (χ3v) is 3.54. The molecule has 2 rings (SSSR count). The van der Waals surface area contributed by atoms with Crippen LogP contribution in [-0.2, 0) is 6.42 Å². The molecule has 2 N–H and O–H groups in total. The van der Waals surface area contributed by atoms with Crippen LogP contribution in [0.5, 0.6) is 5.75 Å². The Morgan fingerprint density at radius 2 is 1.65 bits per heavy atom. The topological polar surface area (TPSA) is 35.2 Å². The Hall–Kier alpha value is -1.87. The number of aryl methyl sites for hydroxylation is 2. The van der Waals surface area contributed by atoms with Gasteiger partial charge < -0.3 is 10.5 Å². The average molecular weight is 273 g/mol. The molecule has 106 valence electrons. The first-order valence-electron chi connectivity index (χ1n) is 6.66. The molecule has 0 amide bonds. The zero-order chi connectivity index (χ0) is 14.7. The number of hydrogen-bond acceptors (Lipinski definition) is 2. The van der Waals surface area contributed by atoms with Gasteiger partial charge in [0.15, 0.2) is 0 Å². The molecule has 0 bridgehead atoms. The van der Waals surface area contributed by atoms with Gasteiger partial charge in [0.2, 0.25) is 0 Å². The Balaban J connectivity index is 2.21. The van der Waals surface area contributed by atoms with Gasteiger partial charge in [0, 0.05) is 6.04 Å². The normalized spacial score (nSPS) is 12.2. The summed E-state index contributed by atoms with van der Waals surface area (Å²) in [6.45, 7) is 3.80. The number of rotatable bonds is 4. The van der Waals surface area contributed by atoms with Crippen LogP contribution in [0, 0.1) is 19.7 Å². The van der Waals surface area contributed by atoms with E-state index in [1.165, 1.54) is 12.1 Å². The van der Waals surface area contributed by atoms with Crippen LogP contribution < -0.4 is 10.5 Å². The van der Waals surface area contributed by atoms with Crippen LogP contribution in [0.4, 0.5) is 4.39 Å². The van der Waals surface area contributed by atoms with Gasteiger partial charge in [-0.25, -0.2) is 4.39 Å². The Morgan fingerprint density at radius 3 is 2.15 bits per heavy atom. The van der Waals surface area contributed by atoms with E-state index >= 15 is 0 Å². The van der Waals surface area contributed by atoms with Crippen LogP contribution in [0.15, 0.2) is 36.4 Å². The summed E-state index contributed by atoms with van der Waals surface area (Å²) in [5.74, 6) is 0.622. The molecule has 2 aromatic carbocycles. The van der Waals surface area contributed by atoms with Crippen LogP contribution >= 0.6 is 0 Å². The minimum atomic E-state index is -0.208. The van der Waals surface area contributed by atoms with E-state index < -0.39 is 0 Å². The average Bonchev–Trinajstić information content (AvgIpc) is 2.38. The summed E-state index contributed by atoms with van der Waals surface area (Å²) in [4.78, 5) is 0. The minimum Gasteiger partial charge on any atom is -0.497 e. The van der Waals surface area contributed by atoms with Crippen molar-refractivity contribution in [1.82, 2.24) is 0 Å². The predicted molar refractivity (Wildman–Crippen MR) is 79.5 cm³/mol. The van der Waals surface area contributed by atoms with Crippen LogP contribution in [0.3, 0.4) is 0 Å². The molecule has 0 saturated heterocycles. The maximum atomic E-state index is 13.3. The monoisotopic (exact) mass is 273 g/mol. The molecule has 0 saturated carbocycles. The lowest BCUT2D eigenvalue weighted by molar-refractivity contribution is 0.414. The molecule has 0 radical (unpaired) electrons. The van der Waals surface area contributed by atoms with Crippen molar-refractivity contribution in [3.8, 4) is 5.75 Å². The number of nitrogens with two attached hydrogens (primary N) is 1. The lowest BCUT2D eigenvalue weighted by Gasteiger charge is -2.18. The van der Waals surface area contributed by atoms with E-state index in [1.807, 2.05) is 38.1 Å². The van der Waals surface area contributed by atoms with Crippen molar-refractivity contribution in [1.29, 1.82) is 0 Å². The van der Waals surface area contributed by atoms with E-state index in [9.17, 15) is 4.39 Å². The van der Waals surface area contributed by atoms with Crippen molar-refractivity contribution < 1.29 is 9.13 Å². The van der Waals surface area contributed by atoms with Gasteiger partial charge in [0.25, 0.3) is 0 Å².